The first-order valence-electron chi connectivity index (χ1n) is 13.4. The molecule has 2 aromatic carbocycles. The molecule has 0 bridgehead atoms. The molecule has 13 heteroatoms. The van der Waals surface area contributed by atoms with Crippen molar-refractivity contribution in [2.75, 3.05) is 34.8 Å². The number of carboxylic acids is 2. The van der Waals surface area contributed by atoms with Crippen LogP contribution in [0.5, 0.6) is 0 Å². The van der Waals surface area contributed by atoms with E-state index in [-0.39, 0.29) is 29.5 Å². The van der Waals surface area contributed by atoms with E-state index in [0.717, 1.165) is 16.7 Å². The molecule has 3 aromatic rings. The second-order valence-electron chi connectivity index (χ2n) is 10.4. The van der Waals surface area contributed by atoms with Crippen molar-refractivity contribution >= 4 is 47.1 Å². The fourth-order valence-corrected chi connectivity index (χ4v) is 5.25. The van der Waals surface area contributed by atoms with Crippen LogP contribution in [0.25, 0.3) is 6.08 Å². The van der Waals surface area contributed by atoms with E-state index in [9.17, 15) is 29.4 Å². The van der Waals surface area contributed by atoms with Gasteiger partial charge in [0.25, 0.3) is 11.5 Å². The number of aromatic amines is 1. The maximum absolute atomic E-state index is 12.9. The number of hydrogen-bond acceptors (Lipinski definition) is 9. The number of nitrogens with one attached hydrogen (secondary N) is 5. The van der Waals surface area contributed by atoms with Gasteiger partial charge in [0, 0.05) is 30.3 Å². The fraction of sp³-hybridized carbons (Fsp3) is 0.276. The molecule has 4 atom stereocenters. The maximum atomic E-state index is 12.9. The summed E-state index contributed by atoms with van der Waals surface area (Å²) >= 11 is 0. The van der Waals surface area contributed by atoms with Crippen LogP contribution in [0, 0.1) is 12.8 Å². The third-order valence-electron chi connectivity index (χ3n) is 7.43. The minimum Gasteiger partial charge on any atom is -0.481 e. The van der Waals surface area contributed by atoms with E-state index >= 15 is 0 Å². The monoisotopic (exact) mass is 573 g/mol. The number of nitrogen functional groups attached to an aromatic ring is 1. The molecule has 1 aromatic heterocycles. The van der Waals surface area contributed by atoms with Crippen molar-refractivity contribution < 1.29 is 24.6 Å². The van der Waals surface area contributed by atoms with E-state index in [1.807, 2.05) is 31.2 Å². The third kappa shape index (κ3) is 6.04. The second kappa shape index (κ2) is 11.6. The molecular weight excluding hydrogens is 542 g/mol. The topological polar surface area (TPSA) is 212 Å². The van der Waals surface area contributed by atoms with E-state index in [1.165, 1.54) is 0 Å². The largest absolute Gasteiger partial charge is 0.481 e. The number of aliphatic carboxylic acids is 2. The number of rotatable bonds is 10. The lowest BCUT2D eigenvalue weighted by molar-refractivity contribution is -0.144. The molecule has 1 amide bonds. The van der Waals surface area contributed by atoms with Gasteiger partial charge in [0.1, 0.15) is 11.7 Å². The summed E-state index contributed by atoms with van der Waals surface area (Å²) in [7, 11) is 0. The molecule has 0 saturated heterocycles. The number of H-pyrrole nitrogens is 1. The molecule has 218 valence electrons. The Morgan fingerprint density at radius 3 is 2.60 bits per heavy atom. The summed E-state index contributed by atoms with van der Waals surface area (Å²) in [5, 5.41) is 31.7. The minimum atomic E-state index is -1.40. The van der Waals surface area contributed by atoms with Gasteiger partial charge in [-0.1, -0.05) is 35.9 Å². The highest BCUT2D eigenvalue weighted by molar-refractivity contribution is 5.97. The summed E-state index contributed by atoms with van der Waals surface area (Å²) < 4.78 is 0. The van der Waals surface area contributed by atoms with Gasteiger partial charge < -0.3 is 37.2 Å². The van der Waals surface area contributed by atoms with Crippen LogP contribution in [-0.4, -0.2) is 63.2 Å². The number of aromatic nitrogens is 2. The number of allylic oxidation sites excluding steroid dienone is 1. The van der Waals surface area contributed by atoms with Crippen LogP contribution in [0.4, 0.5) is 23.1 Å². The first-order chi connectivity index (χ1) is 20.1. The molecule has 0 fully saturated rings. The minimum absolute atomic E-state index is 0.0249. The molecule has 2 heterocycles. The quantitative estimate of drug-likeness (QED) is 0.176. The Morgan fingerprint density at radius 1 is 1.12 bits per heavy atom. The van der Waals surface area contributed by atoms with Crippen molar-refractivity contribution in [1.82, 2.24) is 15.3 Å². The van der Waals surface area contributed by atoms with Gasteiger partial charge in [0.15, 0.2) is 5.82 Å². The smallest absolute Gasteiger partial charge is 0.326 e. The van der Waals surface area contributed by atoms with Crippen LogP contribution < -0.4 is 32.6 Å². The molecule has 1 aliphatic carbocycles. The van der Waals surface area contributed by atoms with Crippen LogP contribution >= 0.6 is 0 Å². The van der Waals surface area contributed by atoms with Crippen molar-refractivity contribution in [3.8, 4) is 0 Å². The number of nitrogens with zero attached hydrogens (tertiary/aromatic N) is 1. The van der Waals surface area contributed by atoms with Crippen LogP contribution in [-0.2, 0) is 9.59 Å². The van der Waals surface area contributed by atoms with Gasteiger partial charge in [-0.25, -0.2) is 4.79 Å². The molecule has 2 aliphatic rings. The van der Waals surface area contributed by atoms with Gasteiger partial charge in [-0.15, -0.1) is 0 Å². The number of nitrogens with two attached hydrogens (primary N) is 1. The molecule has 0 spiro atoms. The molecule has 13 nitrogen and oxygen atoms in total. The Labute approximate surface area is 240 Å². The Bertz CT molecular complexity index is 1620. The predicted octanol–water partition coefficient (Wildman–Crippen LogP) is 2.06. The zero-order valence-corrected chi connectivity index (χ0v) is 22.7. The van der Waals surface area contributed by atoms with E-state index in [0.29, 0.717) is 30.3 Å². The standard InChI is InChI=1S/C29H31N7O6/c1-14-2-8-19-16(10-14)5-9-20(19)21(27(39)40)11-22(28(41)42)34-25(37)15-3-6-17(7-4-15)31-12-18-13-32-24-23(33-18)26(38)36-29(30)35-24/h2-10,18,20-22,31,33H,11-13H2,1H3,(H,34,37)(H,39,40)(H,41,42)(H4,30,32,35,36,38)/t18-,20?,21?,22-/m0/s1. The number of carbonyl (C=O) groups excluding carboxylic acids is 1. The summed E-state index contributed by atoms with van der Waals surface area (Å²) in [6.07, 6.45) is 3.34. The lowest BCUT2D eigenvalue weighted by Gasteiger charge is -2.27. The lowest BCUT2D eigenvalue weighted by atomic mass is 9.83. The number of carbonyl (C=O) groups is 3. The number of carboxylic acid groups (broad SMARTS) is 2. The number of benzene rings is 2. The average Bonchev–Trinajstić information content (AvgIpc) is 3.36. The van der Waals surface area contributed by atoms with Crippen molar-refractivity contribution in [3.63, 3.8) is 0 Å². The average molecular weight is 574 g/mol. The van der Waals surface area contributed by atoms with E-state index in [4.69, 9.17) is 5.73 Å². The Balaban J connectivity index is 1.19. The summed E-state index contributed by atoms with van der Waals surface area (Å²) in [5.74, 6) is -4.21. The maximum Gasteiger partial charge on any atom is 0.326 e. The third-order valence-corrected chi connectivity index (χ3v) is 7.43. The van der Waals surface area contributed by atoms with Crippen LogP contribution in [0.1, 0.15) is 39.4 Å². The zero-order chi connectivity index (χ0) is 30.0. The first-order valence-corrected chi connectivity index (χ1v) is 13.4. The molecule has 42 heavy (non-hydrogen) atoms. The molecule has 5 rings (SSSR count). The number of anilines is 4. The van der Waals surface area contributed by atoms with Crippen LogP contribution in [0.15, 0.2) is 53.3 Å². The van der Waals surface area contributed by atoms with Gasteiger partial charge in [0.05, 0.1) is 12.0 Å². The molecule has 0 saturated carbocycles. The van der Waals surface area contributed by atoms with Gasteiger partial charge in [-0.05, 0) is 48.7 Å². The lowest BCUT2D eigenvalue weighted by Crippen LogP contribution is -2.43. The van der Waals surface area contributed by atoms with E-state index in [2.05, 4.69) is 31.2 Å². The van der Waals surface area contributed by atoms with Crippen molar-refractivity contribution in [2.24, 2.45) is 5.92 Å². The summed E-state index contributed by atoms with van der Waals surface area (Å²) in [5.41, 5.74) is 9.19. The zero-order valence-electron chi connectivity index (χ0n) is 22.7. The summed E-state index contributed by atoms with van der Waals surface area (Å²) in [4.78, 5) is 55.8. The van der Waals surface area contributed by atoms with Crippen molar-refractivity contribution in [2.45, 2.75) is 31.3 Å². The summed E-state index contributed by atoms with van der Waals surface area (Å²) in [6.45, 7) is 2.88. The van der Waals surface area contributed by atoms with Gasteiger partial charge in [-0.2, -0.15) is 4.98 Å². The Morgan fingerprint density at radius 2 is 1.88 bits per heavy atom. The molecule has 0 radical (unpaired) electrons. The van der Waals surface area contributed by atoms with Crippen molar-refractivity contribution in [3.05, 3.63) is 81.1 Å². The number of amides is 1. The normalized spacial score (nSPS) is 18.0. The van der Waals surface area contributed by atoms with Crippen LogP contribution in [0.3, 0.4) is 0 Å². The van der Waals surface area contributed by atoms with Gasteiger partial charge >= 0.3 is 11.9 Å². The number of fused-ring (bicyclic) bond motifs is 2. The van der Waals surface area contributed by atoms with Crippen LogP contribution in [0.2, 0.25) is 0 Å². The SMILES string of the molecule is Cc1ccc2c(c1)C=CC2C(C[C@H](NC(=O)c1ccc(NC[C@H]2CNc3nc(N)[nH]c(=O)c3N2)cc1)C(=O)O)C(=O)O. The molecule has 9 N–H and O–H groups in total. The van der Waals surface area contributed by atoms with Crippen molar-refractivity contribution in [1.29, 1.82) is 0 Å². The fourth-order valence-electron chi connectivity index (χ4n) is 5.25. The van der Waals surface area contributed by atoms with E-state index < -0.39 is 35.7 Å². The predicted molar refractivity (Wildman–Crippen MR) is 158 cm³/mol. The Kier molecular flexibility index (Phi) is 7.82. The highest BCUT2D eigenvalue weighted by atomic mass is 16.4. The molecular formula is C29H31N7O6. The molecule has 1 aliphatic heterocycles. The first kappa shape index (κ1) is 28.2. The van der Waals surface area contributed by atoms with E-state index in [1.54, 1.807) is 30.3 Å². The highest BCUT2D eigenvalue weighted by Crippen LogP contribution is 2.38. The second-order valence-corrected chi connectivity index (χ2v) is 10.4. The Hall–Kier alpha value is -5.33. The summed E-state index contributed by atoms with van der Waals surface area (Å²) in [6, 6.07) is 10.6. The highest BCUT2D eigenvalue weighted by Gasteiger charge is 2.36. The van der Waals surface area contributed by atoms with Gasteiger partial charge in [-0.3, -0.25) is 19.4 Å². The number of hydrogen-bond donors (Lipinski definition) is 8. The number of aryl methyl sites for hydroxylation is 1. The van der Waals surface area contributed by atoms with Gasteiger partial charge in [0.2, 0.25) is 5.95 Å². The molecule has 2 unspecified atom stereocenters.